The van der Waals surface area contributed by atoms with Crippen LogP contribution in [0.4, 0.5) is 0 Å². The number of aliphatic hydroxyl groups excluding tert-OH is 11. The lowest BCUT2D eigenvalue weighted by molar-refractivity contribution is -0.379. The van der Waals surface area contributed by atoms with Gasteiger partial charge in [0.05, 0.1) is 38.6 Å². The number of allylic oxidation sites excluding steroid dienone is 5. The first-order valence-corrected chi connectivity index (χ1v) is 27.2. The van der Waals surface area contributed by atoms with E-state index in [9.17, 15) is 61.0 Å². The van der Waals surface area contributed by atoms with E-state index in [4.69, 9.17) is 28.4 Å². The number of amides is 1. The number of unbranched alkanes of at least 4 members (excludes halogenated alkanes) is 18. The summed E-state index contributed by atoms with van der Waals surface area (Å²) in [6, 6.07) is -0.990. The third-order valence-electron chi connectivity index (χ3n) is 13.7. The van der Waals surface area contributed by atoms with Gasteiger partial charge in [0.15, 0.2) is 18.9 Å². The van der Waals surface area contributed by atoms with Gasteiger partial charge in [-0.25, -0.2) is 0 Å². The van der Waals surface area contributed by atoms with Crippen LogP contribution in [0.1, 0.15) is 162 Å². The van der Waals surface area contributed by atoms with Crippen molar-refractivity contribution in [3.63, 3.8) is 0 Å². The summed E-state index contributed by atoms with van der Waals surface area (Å²) in [5, 5.41) is 120. The molecule has 3 saturated heterocycles. The smallest absolute Gasteiger partial charge is 0.220 e. The Bertz CT molecular complexity index is 1470. The van der Waals surface area contributed by atoms with Gasteiger partial charge in [-0.15, -0.1) is 0 Å². The lowest BCUT2D eigenvalue weighted by Gasteiger charge is -2.48. The second kappa shape index (κ2) is 37.7. The zero-order chi connectivity index (χ0) is 52.7. The molecule has 72 heavy (non-hydrogen) atoms. The largest absolute Gasteiger partial charge is 0.394 e. The average Bonchev–Trinajstić information content (AvgIpc) is 3.37. The molecule has 0 aromatic rings. The topological polar surface area (TPSA) is 307 Å². The summed E-state index contributed by atoms with van der Waals surface area (Å²) in [6.45, 7) is 1.64. The van der Waals surface area contributed by atoms with Crippen molar-refractivity contribution < 1.29 is 89.4 Å². The summed E-state index contributed by atoms with van der Waals surface area (Å²) >= 11 is 0. The number of aliphatic hydroxyl groups is 11. The van der Waals surface area contributed by atoms with Gasteiger partial charge in [0.2, 0.25) is 5.91 Å². The summed E-state index contributed by atoms with van der Waals surface area (Å²) in [5.74, 6) is -0.298. The van der Waals surface area contributed by atoms with Gasteiger partial charge in [0.25, 0.3) is 0 Å². The summed E-state index contributed by atoms with van der Waals surface area (Å²) in [4.78, 5) is 13.2. The van der Waals surface area contributed by atoms with Crippen molar-refractivity contribution >= 4 is 5.91 Å². The highest BCUT2D eigenvalue weighted by molar-refractivity contribution is 5.76. The number of rotatable bonds is 38. The van der Waals surface area contributed by atoms with Crippen LogP contribution in [-0.2, 0) is 33.2 Å². The minimum absolute atomic E-state index is 0.225. The van der Waals surface area contributed by atoms with Crippen molar-refractivity contribution in [1.29, 1.82) is 0 Å². The molecule has 12 N–H and O–H groups in total. The van der Waals surface area contributed by atoms with Crippen molar-refractivity contribution in [3.8, 4) is 0 Å². The molecule has 0 radical (unpaired) electrons. The fraction of sp³-hybridized carbons (Fsp3) is 0.868. The van der Waals surface area contributed by atoms with Crippen LogP contribution in [0, 0.1) is 0 Å². The molecular weight excluding hydrogens is 939 g/mol. The van der Waals surface area contributed by atoms with E-state index in [2.05, 4.69) is 43.5 Å². The number of nitrogens with one attached hydrogen (secondary N) is 1. The zero-order valence-corrected chi connectivity index (χ0v) is 43.1. The van der Waals surface area contributed by atoms with Crippen LogP contribution in [0.15, 0.2) is 36.5 Å². The normalized spacial score (nSPS) is 32.3. The molecule has 0 saturated carbocycles. The van der Waals surface area contributed by atoms with Crippen molar-refractivity contribution in [3.05, 3.63) is 36.5 Å². The molecule has 3 fully saturated rings. The first-order valence-electron chi connectivity index (χ1n) is 27.2. The predicted molar refractivity (Wildman–Crippen MR) is 268 cm³/mol. The van der Waals surface area contributed by atoms with E-state index < -0.39 is 124 Å². The highest BCUT2D eigenvalue weighted by atomic mass is 16.8. The Morgan fingerprint density at radius 1 is 0.486 bits per heavy atom. The Kier molecular flexibility index (Phi) is 33.7. The number of ether oxygens (including phenoxy) is 6. The van der Waals surface area contributed by atoms with Crippen LogP contribution >= 0.6 is 0 Å². The fourth-order valence-corrected chi connectivity index (χ4v) is 9.08. The maximum Gasteiger partial charge on any atom is 0.220 e. The molecule has 17 atom stereocenters. The first kappa shape index (κ1) is 64.3. The van der Waals surface area contributed by atoms with E-state index in [-0.39, 0.29) is 18.9 Å². The van der Waals surface area contributed by atoms with Crippen molar-refractivity contribution in [1.82, 2.24) is 5.32 Å². The molecule has 1 amide bonds. The summed E-state index contributed by atoms with van der Waals surface area (Å²) < 4.78 is 34.1. The molecule has 3 aliphatic rings. The second-order valence-electron chi connectivity index (χ2n) is 19.7. The van der Waals surface area contributed by atoms with Crippen LogP contribution in [0.25, 0.3) is 0 Å². The molecule has 3 rings (SSSR count). The third kappa shape index (κ3) is 22.7. The summed E-state index contributed by atoms with van der Waals surface area (Å²) in [5.41, 5.74) is 0. The quantitative estimate of drug-likeness (QED) is 0.0313. The van der Waals surface area contributed by atoms with Gasteiger partial charge >= 0.3 is 0 Å². The Labute approximate surface area is 428 Å². The van der Waals surface area contributed by atoms with Gasteiger partial charge in [0, 0.05) is 6.42 Å². The van der Waals surface area contributed by atoms with Crippen molar-refractivity contribution in [2.24, 2.45) is 0 Å². The zero-order valence-electron chi connectivity index (χ0n) is 43.1. The standard InChI is InChI=1S/C53H95NO18/c1-3-5-7-9-11-13-15-17-19-20-22-24-26-28-30-37(58)36(54-41(59)31-29-27-25-23-21-18-16-14-12-10-8-6-4-2)35-67-51-47(65)44(62)49(39(33-56)69-51)72-53-48(66)45(63)50(40(34-57)70-53)71-52-46(64)43(61)42(60)38(32-55)68-52/h14,16,20,22,28,30,36-40,42-53,55-58,60-66H,3-13,15,17-19,21,23-27,29,31-35H2,1-2H3,(H,54,59)/b16-14-,22-20+,30-28+. The predicted octanol–water partition coefficient (Wildman–Crippen LogP) is 2.98. The number of carbonyl (C=O) groups is 1. The van der Waals surface area contributed by atoms with Crippen LogP contribution in [0.2, 0.25) is 0 Å². The summed E-state index contributed by atoms with van der Waals surface area (Å²) in [7, 11) is 0. The Hall–Kier alpha value is -1.99. The molecule has 0 spiro atoms. The average molecular weight is 1030 g/mol. The maximum absolute atomic E-state index is 13.2. The van der Waals surface area contributed by atoms with Gasteiger partial charge in [-0.2, -0.15) is 0 Å². The highest BCUT2D eigenvalue weighted by Gasteiger charge is 2.53. The Balaban J connectivity index is 1.57. The minimum Gasteiger partial charge on any atom is -0.394 e. The number of hydrogen-bond acceptors (Lipinski definition) is 18. The Morgan fingerprint density at radius 3 is 1.40 bits per heavy atom. The van der Waals surface area contributed by atoms with Crippen LogP contribution in [0.3, 0.4) is 0 Å². The maximum atomic E-state index is 13.2. The van der Waals surface area contributed by atoms with Crippen LogP contribution < -0.4 is 5.32 Å². The molecule has 0 aliphatic carbocycles. The van der Waals surface area contributed by atoms with Crippen molar-refractivity contribution in [2.45, 2.75) is 266 Å². The lowest BCUT2D eigenvalue weighted by Crippen LogP contribution is -2.66. The molecule has 420 valence electrons. The first-order chi connectivity index (χ1) is 34.8. The minimum atomic E-state index is -1.98. The van der Waals surface area contributed by atoms with E-state index in [1.165, 1.54) is 70.6 Å². The van der Waals surface area contributed by atoms with Crippen LogP contribution in [0.5, 0.6) is 0 Å². The van der Waals surface area contributed by atoms with Gasteiger partial charge in [-0.3, -0.25) is 4.79 Å². The number of carbonyl (C=O) groups excluding carboxylic acids is 1. The van der Waals surface area contributed by atoms with Gasteiger partial charge < -0.3 is 89.9 Å². The van der Waals surface area contributed by atoms with E-state index >= 15 is 0 Å². The molecule has 0 aromatic heterocycles. The molecular formula is C53H95NO18. The van der Waals surface area contributed by atoms with Crippen LogP contribution in [-0.4, -0.2) is 193 Å². The molecule has 0 bridgehead atoms. The fourth-order valence-electron chi connectivity index (χ4n) is 9.08. The van der Waals surface area contributed by atoms with Gasteiger partial charge in [-0.1, -0.05) is 134 Å². The summed E-state index contributed by atoms with van der Waals surface area (Å²) in [6.07, 6.45) is 9.99. The molecule has 17 unspecified atom stereocenters. The van der Waals surface area contributed by atoms with E-state index in [0.29, 0.717) is 12.8 Å². The molecule has 0 aromatic carbocycles. The number of hydrogen-bond donors (Lipinski definition) is 12. The van der Waals surface area contributed by atoms with Crippen molar-refractivity contribution in [2.75, 3.05) is 26.4 Å². The van der Waals surface area contributed by atoms with E-state index in [0.717, 1.165) is 57.8 Å². The third-order valence-corrected chi connectivity index (χ3v) is 13.7. The molecule has 3 aliphatic heterocycles. The van der Waals surface area contributed by atoms with Gasteiger partial charge in [0.1, 0.15) is 73.2 Å². The lowest BCUT2D eigenvalue weighted by atomic mass is 9.96. The monoisotopic (exact) mass is 1030 g/mol. The van der Waals surface area contributed by atoms with E-state index in [1.807, 2.05) is 6.08 Å². The van der Waals surface area contributed by atoms with E-state index in [1.54, 1.807) is 6.08 Å². The SMILES string of the molecule is CCCCCC/C=C\CCCCCCCC(=O)NC(COC1OC(CO)C(OC2OC(CO)C(OC3OC(CO)C(O)C(O)C3O)C(O)C2O)C(O)C1O)C(O)/C=C/CC/C=C/CCCCCCCCCC. The Morgan fingerprint density at radius 2 is 0.889 bits per heavy atom. The molecule has 19 nitrogen and oxygen atoms in total. The molecule has 19 heteroatoms. The van der Waals surface area contributed by atoms with Gasteiger partial charge in [-0.05, 0) is 57.8 Å². The second-order valence-corrected chi connectivity index (χ2v) is 19.7. The molecule has 3 heterocycles. The highest BCUT2D eigenvalue weighted by Crippen LogP contribution is 2.33.